The van der Waals surface area contributed by atoms with E-state index in [9.17, 15) is 19.5 Å². The first-order valence-corrected chi connectivity index (χ1v) is 12.7. The molecule has 1 aromatic carbocycles. The zero-order valence-corrected chi connectivity index (χ0v) is 20.9. The van der Waals surface area contributed by atoms with Gasteiger partial charge in [-0.05, 0) is 51.3 Å². The molecule has 0 unspecified atom stereocenters. The third-order valence-corrected chi connectivity index (χ3v) is 7.84. The Morgan fingerprint density at radius 3 is 2.53 bits per heavy atom. The molecular formula is C27H34N4O5. The fourth-order valence-electron chi connectivity index (χ4n) is 5.94. The molecule has 1 aliphatic carbocycles. The van der Waals surface area contributed by atoms with E-state index in [-0.39, 0.29) is 42.1 Å². The van der Waals surface area contributed by atoms with Crippen molar-refractivity contribution in [2.75, 3.05) is 13.7 Å². The molecule has 0 bridgehead atoms. The highest BCUT2D eigenvalue weighted by Gasteiger charge is 2.57. The molecule has 1 saturated heterocycles. The Morgan fingerprint density at radius 1 is 1.14 bits per heavy atom. The molecule has 1 saturated carbocycles. The Hall–Kier alpha value is -3.33. The predicted octanol–water partition coefficient (Wildman–Crippen LogP) is 2.27. The van der Waals surface area contributed by atoms with Gasteiger partial charge in [0.2, 0.25) is 5.91 Å². The molecule has 0 spiro atoms. The normalized spacial score (nSPS) is 24.8. The smallest absolute Gasteiger partial charge is 0.318 e. The molecule has 3 N–H and O–H groups in total. The molecule has 9 heteroatoms. The fraction of sp³-hybridized carbons (Fsp3) is 0.519. The minimum Gasteiger partial charge on any atom is -0.496 e. The average Bonchev–Trinajstić information content (AvgIpc) is 3.36. The Labute approximate surface area is 210 Å². The van der Waals surface area contributed by atoms with Crippen molar-refractivity contribution in [3.63, 3.8) is 0 Å². The lowest BCUT2D eigenvalue weighted by Gasteiger charge is -2.34. The first kappa shape index (κ1) is 24.4. The zero-order chi connectivity index (χ0) is 25.6. The minimum atomic E-state index is -0.804. The number of likely N-dealkylation sites (tertiary alicyclic amines) is 1. The fourth-order valence-corrected chi connectivity index (χ4v) is 5.94. The number of amides is 3. The predicted molar refractivity (Wildman–Crippen MR) is 135 cm³/mol. The Morgan fingerprint density at radius 2 is 1.89 bits per heavy atom. The Kier molecular flexibility index (Phi) is 6.51. The summed E-state index contributed by atoms with van der Waals surface area (Å²) in [7, 11) is 1.57. The lowest BCUT2D eigenvalue weighted by atomic mass is 9.87. The van der Waals surface area contributed by atoms with Crippen molar-refractivity contribution in [1.29, 1.82) is 0 Å². The number of benzene rings is 1. The number of aliphatic hydroxyl groups excluding tert-OH is 1. The number of carbonyl (C=O) groups is 2. The van der Waals surface area contributed by atoms with Crippen LogP contribution in [-0.2, 0) is 11.3 Å². The van der Waals surface area contributed by atoms with E-state index in [1.54, 1.807) is 22.6 Å². The van der Waals surface area contributed by atoms with Crippen LogP contribution >= 0.6 is 0 Å². The summed E-state index contributed by atoms with van der Waals surface area (Å²) >= 11 is 0. The number of rotatable bonds is 6. The summed E-state index contributed by atoms with van der Waals surface area (Å²) in [4.78, 5) is 42.1. The summed E-state index contributed by atoms with van der Waals surface area (Å²) in [6.45, 7) is 3.80. The third kappa shape index (κ3) is 3.95. The lowest BCUT2D eigenvalue weighted by molar-refractivity contribution is -0.128. The second kappa shape index (κ2) is 9.61. The molecule has 0 radical (unpaired) electrons. The molecule has 5 rings (SSSR count). The Balaban J connectivity index is 1.57. The Bertz CT molecular complexity index is 1220. The van der Waals surface area contributed by atoms with E-state index in [4.69, 9.17) is 4.74 Å². The van der Waals surface area contributed by atoms with Crippen LogP contribution in [0.1, 0.15) is 44.8 Å². The molecule has 9 nitrogen and oxygen atoms in total. The molecule has 1 aromatic heterocycles. The molecule has 3 amide bonds. The van der Waals surface area contributed by atoms with E-state index in [0.29, 0.717) is 29.1 Å². The van der Waals surface area contributed by atoms with Crippen LogP contribution in [0.25, 0.3) is 11.1 Å². The van der Waals surface area contributed by atoms with Crippen LogP contribution in [-0.4, -0.2) is 58.4 Å². The van der Waals surface area contributed by atoms with Gasteiger partial charge in [-0.25, -0.2) is 4.79 Å². The highest BCUT2D eigenvalue weighted by molar-refractivity contribution is 5.89. The number of hydrogen-bond donors (Lipinski definition) is 3. The number of para-hydroxylation sites is 1. The molecular weight excluding hydrogens is 460 g/mol. The second-order valence-corrected chi connectivity index (χ2v) is 10.3. The maximum atomic E-state index is 13.7. The average molecular weight is 495 g/mol. The monoisotopic (exact) mass is 494 g/mol. The van der Waals surface area contributed by atoms with Gasteiger partial charge in [-0.3, -0.25) is 9.59 Å². The number of pyridine rings is 1. The van der Waals surface area contributed by atoms with Crippen LogP contribution in [0.3, 0.4) is 0 Å². The summed E-state index contributed by atoms with van der Waals surface area (Å²) < 4.78 is 7.16. The number of nitrogens with zero attached hydrogens (tertiary/aromatic N) is 2. The highest BCUT2D eigenvalue weighted by Crippen LogP contribution is 2.49. The highest BCUT2D eigenvalue weighted by atomic mass is 16.5. The number of urea groups is 1. The van der Waals surface area contributed by atoms with Crippen molar-refractivity contribution in [2.24, 2.45) is 11.8 Å². The van der Waals surface area contributed by atoms with E-state index in [1.807, 2.05) is 44.2 Å². The van der Waals surface area contributed by atoms with Crippen molar-refractivity contribution in [3.05, 3.63) is 52.4 Å². The van der Waals surface area contributed by atoms with Gasteiger partial charge in [0.05, 0.1) is 18.7 Å². The van der Waals surface area contributed by atoms with Crippen LogP contribution in [0, 0.1) is 11.8 Å². The summed E-state index contributed by atoms with van der Waals surface area (Å²) in [5.74, 6) is -0.369. The number of methoxy groups -OCH3 is 1. The molecule has 2 aliphatic heterocycles. The molecule has 3 heterocycles. The van der Waals surface area contributed by atoms with Crippen LogP contribution in [0.4, 0.5) is 4.79 Å². The van der Waals surface area contributed by atoms with E-state index >= 15 is 0 Å². The molecule has 36 heavy (non-hydrogen) atoms. The number of hydrogen-bond acceptors (Lipinski definition) is 5. The molecule has 3 aliphatic rings. The lowest BCUT2D eigenvalue weighted by Crippen LogP contribution is -2.56. The molecule has 4 atom stereocenters. The van der Waals surface area contributed by atoms with Gasteiger partial charge in [0.15, 0.2) is 0 Å². The van der Waals surface area contributed by atoms with Crippen molar-refractivity contribution >= 4 is 11.9 Å². The van der Waals surface area contributed by atoms with Gasteiger partial charge in [-0.15, -0.1) is 0 Å². The number of ether oxygens (including phenoxy) is 1. The summed E-state index contributed by atoms with van der Waals surface area (Å²) in [6.07, 6.45) is 2.93. The van der Waals surface area contributed by atoms with Crippen molar-refractivity contribution in [2.45, 2.75) is 63.8 Å². The first-order chi connectivity index (χ1) is 17.3. The molecule has 2 fully saturated rings. The van der Waals surface area contributed by atoms with Crippen LogP contribution in [0.2, 0.25) is 0 Å². The number of aliphatic hydroxyl groups is 1. The van der Waals surface area contributed by atoms with E-state index in [1.165, 1.54) is 0 Å². The van der Waals surface area contributed by atoms with Crippen molar-refractivity contribution < 1.29 is 19.4 Å². The number of aromatic nitrogens is 1. The number of nitrogens with one attached hydrogen (secondary N) is 2. The first-order valence-electron chi connectivity index (χ1n) is 12.7. The minimum absolute atomic E-state index is 0.116. The maximum Gasteiger partial charge on any atom is 0.318 e. The summed E-state index contributed by atoms with van der Waals surface area (Å²) in [5, 5.41) is 16.4. The maximum absolute atomic E-state index is 13.7. The largest absolute Gasteiger partial charge is 0.496 e. The number of fused-ring (bicyclic) bond motifs is 3. The van der Waals surface area contributed by atoms with Crippen LogP contribution in [0.5, 0.6) is 5.75 Å². The zero-order valence-electron chi connectivity index (χ0n) is 20.9. The van der Waals surface area contributed by atoms with E-state index in [0.717, 1.165) is 19.3 Å². The van der Waals surface area contributed by atoms with Gasteiger partial charge in [0, 0.05) is 48.3 Å². The van der Waals surface area contributed by atoms with Crippen LogP contribution < -0.4 is 20.9 Å². The van der Waals surface area contributed by atoms with Gasteiger partial charge < -0.3 is 29.9 Å². The van der Waals surface area contributed by atoms with Gasteiger partial charge in [0.25, 0.3) is 5.56 Å². The van der Waals surface area contributed by atoms with Gasteiger partial charge in [-0.2, -0.15) is 0 Å². The SMILES string of the molecule is COc1ccccc1-c1ccc2n(c1=O)C[C@@H]1[C@@H](CO)[C@H](C(=O)NC3CCC3)N(C(=O)NC(C)C)[C@H]21. The standard InChI is InChI=1S/C27H34N4O5/c1-15(2)28-27(35)31-23-19(20(14-32)24(31)25(33)29-16-7-6-8-16)13-30-21(23)12-11-18(26(30)34)17-9-4-5-10-22(17)36-3/h4-5,9-12,15-16,19-20,23-24,32H,6-8,13-14H2,1-3H3,(H,28,35)(H,29,33)/t19-,20-,23+,24-/m1/s1. The molecule has 192 valence electrons. The van der Waals surface area contributed by atoms with Crippen molar-refractivity contribution in [1.82, 2.24) is 20.1 Å². The number of carbonyl (C=O) groups excluding carboxylic acids is 2. The van der Waals surface area contributed by atoms with Gasteiger partial charge in [0.1, 0.15) is 11.8 Å². The second-order valence-electron chi connectivity index (χ2n) is 10.3. The summed E-state index contributed by atoms with van der Waals surface area (Å²) in [6, 6.07) is 9.33. The quantitative estimate of drug-likeness (QED) is 0.570. The van der Waals surface area contributed by atoms with Gasteiger partial charge in [-0.1, -0.05) is 18.2 Å². The third-order valence-electron chi connectivity index (χ3n) is 7.84. The molecule has 2 aromatic rings. The van der Waals surface area contributed by atoms with Gasteiger partial charge >= 0.3 is 6.03 Å². The van der Waals surface area contributed by atoms with Crippen LogP contribution in [0.15, 0.2) is 41.2 Å². The van der Waals surface area contributed by atoms with Crippen molar-refractivity contribution in [3.8, 4) is 16.9 Å². The summed E-state index contributed by atoms with van der Waals surface area (Å²) in [5.41, 5.74) is 1.71. The topological polar surface area (TPSA) is 113 Å². The van der Waals surface area contributed by atoms with E-state index in [2.05, 4.69) is 10.6 Å². The van der Waals surface area contributed by atoms with E-state index < -0.39 is 18.0 Å².